The van der Waals surface area contributed by atoms with Gasteiger partial charge in [0, 0.05) is 6.42 Å². The average Bonchev–Trinajstić information content (AvgIpc) is 2.31. The first kappa shape index (κ1) is 13.8. The van der Waals surface area contributed by atoms with Gasteiger partial charge in [-0.1, -0.05) is 30.7 Å². The lowest BCUT2D eigenvalue weighted by atomic mass is 10.0. The van der Waals surface area contributed by atoms with Crippen molar-refractivity contribution in [3.05, 3.63) is 35.4 Å². The van der Waals surface area contributed by atoms with Crippen LogP contribution < -0.4 is 0 Å². The Kier molecular flexibility index (Phi) is 6.38. The minimum Gasteiger partial charge on any atom is -0.466 e. The van der Waals surface area contributed by atoms with Gasteiger partial charge in [0.05, 0.1) is 6.61 Å². The van der Waals surface area contributed by atoms with E-state index in [-0.39, 0.29) is 5.97 Å². The van der Waals surface area contributed by atoms with Gasteiger partial charge in [-0.2, -0.15) is 0 Å². The zero-order valence-electron chi connectivity index (χ0n) is 10.9. The third-order valence-electron chi connectivity index (χ3n) is 2.89. The fraction of sp³-hybridized carbons (Fsp3) is 0.533. The van der Waals surface area contributed by atoms with Crippen molar-refractivity contribution in [2.75, 3.05) is 6.61 Å². The molecule has 17 heavy (non-hydrogen) atoms. The first-order valence-corrected chi connectivity index (χ1v) is 6.44. The van der Waals surface area contributed by atoms with E-state index in [1.807, 2.05) is 6.92 Å². The van der Waals surface area contributed by atoms with Gasteiger partial charge >= 0.3 is 5.97 Å². The Bertz CT molecular complexity index is 345. The number of carbonyl (C=O) groups excluding carboxylic acids is 1. The molecule has 0 aliphatic rings. The number of hydrogen-bond donors (Lipinski definition) is 0. The molecule has 0 amide bonds. The molecule has 0 saturated carbocycles. The Labute approximate surface area is 104 Å². The minimum absolute atomic E-state index is 0.0663. The highest BCUT2D eigenvalue weighted by atomic mass is 16.5. The Balaban J connectivity index is 2.13. The lowest BCUT2D eigenvalue weighted by Crippen LogP contribution is -2.03. The highest BCUT2D eigenvalue weighted by Gasteiger charge is 2.01. The molecule has 1 rings (SSSR count). The summed E-state index contributed by atoms with van der Waals surface area (Å²) in [5.74, 6) is -0.0663. The Morgan fingerprint density at radius 2 is 1.94 bits per heavy atom. The van der Waals surface area contributed by atoms with E-state index >= 15 is 0 Å². The topological polar surface area (TPSA) is 26.3 Å². The summed E-state index contributed by atoms with van der Waals surface area (Å²) in [4.78, 5) is 11.1. The van der Waals surface area contributed by atoms with Crippen LogP contribution in [0.4, 0.5) is 0 Å². The number of ether oxygens (including phenoxy) is 1. The second kappa shape index (κ2) is 7.88. The van der Waals surface area contributed by atoms with Gasteiger partial charge in [0.1, 0.15) is 0 Å². The van der Waals surface area contributed by atoms with E-state index in [0.29, 0.717) is 13.0 Å². The largest absolute Gasteiger partial charge is 0.466 e. The Morgan fingerprint density at radius 1 is 1.18 bits per heavy atom. The van der Waals surface area contributed by atoms with Crippen LogP contribution in [0.15, 0.2) is 24.3 Å². The van der Waals surface area contributed by atoms with Gasteiger partial charge < -0.3 is 4.74 Å². The molecular formula is C15H22O2. The lowest BCUT2D eigenvalue weighted by Gasteiger charge is -2.05. The van der Waals surface area contributed by atoms with E-state index in [1.165, 1.54) is 11.1 Å². The van der Waals surface area contributed by atoms with Gasteiger partial charge in [0.15, 0.2) is 0 Å². The number of hydrogen-bond acceptors (Lipinski definition) is 2. The molecule has 0 aliphatic heterocycles. The molecule has 0 fully saturated rings. The predicted molar refractivity (Wildman–Crippen MR) is 70.0 cm³/mol. The summed E-state index contributed by atoms with van der Waals surface area (Å²) in [6.45, 7) is 4.48. The van der Waals surface area contributed by atoms with Gasteiger partial charge in [0.2, 0.25) is 0 Å². The predicted octanol–water partition coefficient (Wildman–Crippen LogP) is 3.66. The number of benzene rings is 1. The third kappa shape index (κ3) is 5.53. The van der Waals surface area contributed by atoms with E-state index in [0.717, 1.165) is 25.7 Å². The first-order chi connectivity index (χ1) is 8.24. The Morgan fingerprint density at radius 3 is 2.65 bits per heavy atom. The molecule has 0 unspecified atom stereocenters. The van der Waals surface area contributed by atoms with Crippen LogP contribution in [0.1, 0.15) is 43.7 Å². The number of rotatable bonds is 7. The standard InChI is InChI=1S/C15H22O2/c1-3-17-15(16)12-6-4-5-10-14-11-8-7-9-13(14)2/h7-9,11H,3-6,10,12H2,1-2H3. The summed E-state index contributed by atoms with van der Waals surface area (Å²) in [5, 5.41) is 0. The molecule has 0 aliphatic carbocycles. The summed E-state index contributed by atoms with van der Waals surface area (Å²) >= 11 is 0. The molecule has 2 nitrogen and oxygen atoms in total. The molecule has 0 bridgehead atoms. The molecular weight excluding hydrogens is 212 g/mol. The van der Waals surface area contributed by atoms with Crippen LogP contribution in [0.2, 0.25) is 0 Å². The summed E-state index contributed by atoms with van der Waals surface area (Å²) in [6, 6.07) is 8.48. The third-order valence-corrected chi connectivity index (χ3v) is 2.89. The summed E-state index contributed by atoms with van der Waals surface area (Å²) in [6.07, 6.45) is 4.83. The highest BCUT2D eigenvalue weighted by molar-refractivity contribution is 5.69. The molecule has 1 aromatic carbocycles. The molecule has 0 heterocycles. The SMILES string of the molecule is CCOC(=O)CCCCCc1ccccc1C. The minimum atomic E-state index is -0.0663. The molecule has 0 N–H and O–H groups in total. The maximum atomic E-state index is 11.1. The molecule has 0 saturated heterocycles. The van der Waals surface area contributed by atoms with E-state index in [1.54, 1.807) is 0 Å². The van der Waals surface area contributed by atoms with Crippen LogP contribution in [-0.2, 0) is 16.0 Å². The van der Waals surface area contributed by atoms with Crippen molar-refractivity contribution in [3.8, 4) is 0 Å². The fourth-order valence-corrected chi connectivity index (χ4v) is 1.89. The molecule has 94 valence electrons. The van der Waals surface area contributed by atoms with Crippen molar-refractivity contribution in [2.45, 2.75) is 46.0 Å². The van der Waals surface area contributed by atoms with Crippen LogP contribution in [-0.4, -0.2) is 12.6 Å². The summed E-state index contributed by atoms with van der Waals surface area (Å²) in [5.41, 5.74) is 2.78. The van der Waals surface area contributed by atoms with Crippen LogP contribution in [0, 0.1) is 6.92 Å². The van der Waals surface area contributed by atoms with Crippen LogP contribution in [0.5, 0.6) is 0 Å². The van der Waals surface area contributed by atoms with Gasteiger partial charge in [-0.15, -0.1) is 0 Å². The molecule has 1 aromatic rings. The lowest BCUT2D eigenvalue weighted by molar-refractivity contribution is -0.143. The zero-order valence-corrected chi connectivity index (χ0v) is 10.9. The van der Waals surface area contributed by atoms with Crippen molar-refractivity contribution >= 4 is 5.97 Å². The smallest absolute Gasteiger partial charge is 0.305 e. The number of carbonyl (C=O) groups is 1. The number of aryl methyl sites for hydroxylation is 2. The Hall–Kier alpha value is -1.31. The van der Waals surface area contributed by atoms with E-state index in [4.69, 9.17) is 4.74 Å². The van der Waals surface area contributed by atoms with E-state index < -0.39 is 0 Å². The first-order valence-electron chi connectivity index (χ1n) is 6.44. The van der Waals surface area contributed by atoms with Crippen LogP contribution >= 0.6 is 0 Å². The molecule has 0 spiro atoms. The molecule has 0 radical (unpaired) electrons. The number of esters is 1. The van der Waals surface area contributed by atoms with Crippen molar-refractivity contribution in [1.82, 2.24) is 0 Å². The van der Waals surface area contributed by atoms with Crippen molar-refractivity contribution < 1.29 is 9.53 Å². The fourth-order valence-electron chi connectivity index (χ4n) is 1.89. The quantitative estimate of drug-likeness (QED) is 0.531. The van der Waals surface area contributed by atoms with Gasteiger partial charge in [0.25, 0.3) is 0 Å². The summed E-state index contributed by atoms with van der Waals surface area (Å²) < 4.78 is 4.89. The van der Waals surface area contributed by atoms with Crippen LogP contribution in [0.3, 0.4) is 0 Å². The normalized spacial score (nSPS) is 10.2. The van der Waals surface area contributed by atoms with Gasteiger partial charge in [-0.05, 0) is 44.2 Å². The number of unbranched alkanes of at least 4 members (excludes halogenated alkanes) is 2. The second-order valence-electron chi connectivity index (χ2n) is 4.29. The van der Waals surface area contributed by atoms with Gasteiger partial charge in [-0.25, -0.2) is 0 Å². The highest BCUT2D eigenvalue weighted by Crippen LogP contribution is 2.12. The van der Waals surface area contributed by atoms with Gasteiger partial charge in [-0.3, -0.25) is 4.79 Å². The second-order valence-corrected chi connectivity index (χ2v) is 4.29. The van der Waals surface area contributed by atoms with E-state index in [2.05, 4.69) is 31.2 Å². The monoisotopic (exact) mass is 234 g/mol. The maximum Gasteiger partial charge on any atom is 0.305 e. The molecule has 0 atom stereocenters. The maximum absolute atomic E-state index is 11.1. The molecule has 2 heteroatoms. The van der Waals surface area contributed by atoms with Crippen molar-refractivity contribution in [1.29, 1.82) is 0 Å². The summed E-state index contributed by atoms with van der Waals surface area (Å²) in [7, 11) is 0. The molecule has 0 aromatic heterocycles. The average molecular weight is 234 g/mol. The van der Waals surface area contributed by atoms with E-state index in [9.17, 15) is 4.79 Å². The van der Waals surface area contributed by atoms with Crippen molar-refractivity contribution in [3.63, 3.8) is 0 Å². The van der Waals surface area contributed by atoms with Crippen LogP contribution in [0.25, 0.3) is 0 Å². The van der Waals surface area contributed by atoms with Crippen molar-refractivity contribution in [2.24, 2.45) is 0 Å². The zero-order chi connectivity index (χ0) is 12.5.